The van der Waals surface area contributed by atoms with Crippen LogP contribution in [0.2, 0.25) is 0 Å². The van der Waals surface area contributed by atoms with Gasteiger partial charge >= 0.3 is 0 Å². The number of aryl methyl sites for hydroxylation is 1. The lowest BCUT2D eigenvalue weighted by atomic mass is 10.1. The highest BCUT2D eigenvalue weighted by molar-refractivity contribution is 7.10. The molecule has 1 fully saturated rings. The van der Waals surface area contributed by atoms with Gasteiger partial charge in [-0.25, -0.2) is 4.39 Å². The van der Waals surface area contributed by atoms with Crippen LogP contribution in [0, 0.1) is 12.7 Å². The second-order valence-corrected chi connectivity index (χ2v) is 9.37. The smallest absolute Gasteiger partial charge is 0.234 e. The third kappa shape index (κ3) is 6.27. The van der Waals surface area contributed by atoms with Gasteiger partial charge in [-0.2, -0.15) is 0 Å². The first-order valence-corrected chi connectivity index (χ1v) is 12.0. The van der Waals surface area contributed by atoms with Crippen molar-refractivity contribution in [1.29, 1.82) is 0 Å². The minimum absolute atomic E-state index is 0.0860. The van der Waals surface area contributed by atoms with E-state index in [9.17, 15) is 14.0 Å². The van der Waals surface area contributed by atoms with Gasteiger partial charge in [0.15, 0.2) is 0 Å². The van der Waals surface area contributed by atoms with Crippen molar-refractivity contribution in [2.45, 2.75) is 19.4 Å². The molecule has 1 unspecified atom stereocenters. The van der Waals surface area contributed by atoms with E-state index < -0.39 is 0 Å². The summed E-state index contributed by atoms with van der Waals surface area (Å²) in [4.78, 5) is 30.4. The molecule has 0 saturated carbocycles. The predicted octanol–water partition coefficient (Wildman–Crippen LogP) is 3.79. The van der Waals surface area contributed by atoms with E-state index in [2.05, 4.69) is 10.2 Å². The third-order valence-corrected chi connectivity index (χ3v) is 6.84. The largest absolute Gasteiger partial charge is 0.343 e. The van der Waals surface area contributed by atoms with Gasteiger partial charge in [-0.3, -0.25) is 14.5 Å². The first kappa shape index (κ1) is 23.1. The summed E-state index contributed by atoms with van der Waals surface area (Å²) in [5, 5.41) is 5.06. The average molecular weight is 466 g/mol. The molecule has 0 radical (unpaired) electrons. The molecule has 0 aliphatic carbocycles. The van der Waals surface area contributed by atoms with E-state index in [1.807, 2.05) is 53.6 Å². The summed E-state index contributed by atoms with van der Waals surface area (Å²) < 4.78 is 13.4. The highest BCUT2D eigenvalue weighted by Gasteiger charge is 2.24. The minimum atomic E-state index is -0.310. The molecule has 4 rings (SSSR count). The molecule has 33 heavy (non-hydrogen) atoms. The molecule has 1 aromatic heterocycles. The van der Waals surface area contributed by atoms with Gasteiger partial charge < -0.3 is 10.2 Å². The van der Waals surface area contributed by atoms with Crippen molar-refractivity contribution < 1.29 is 14.0 Å². The molecule has 1 aliphatic heterocycles. The Balaban J connectivity index is 1.29. The molecule has 1 saturated heterocycles. The highest BCUT2D eigenvalue weighted by atomic mass is 32.1. The summed E-state index contributed by atoms with van der Waals surface area (Å²) >= 11 is 1.56. The maximum atomic E-state index is 13.4. The van der Waals surface area contributed by atoms with E-state index in [1.165, 1.54) is 17.7 Å². The molecule has 0 spiro atoms. The number of nitrogens with zero attached hydrogens (tertiary/aromatic N) is 2. The number of carbonyl (C=O) groups is 2. The minimum Gasteiger partial charge on any atom is -0.343 e. The number of nitrogens with one attached hydrogen (secondary N) is 1. The van der Waals surface area contributed by atoms with Crippen LogP contribution in [0.15, 0.2) is 66.0 Å². The lowest BCUT2D eigenvalue weighted by Crippen LogP contribution is -2.51. The van der Waals surface area contributed by atoms with Crippen LogP contribution < -0.4 is 5.32 Å². The second kappa shape index (κ2) is 10.7. The molecule has 0 bridgehead atoms. The number of thiophene rings is 1. The normalized spacial score (nSPS) is 15.3. The molecule has 3 aromatic rings. The molecular weight excluding hydrogens is 437 g/mol. The Morgan fingerprint density at radius 1 is 1.00 bits per heavy atom. The van der Waals surface area contributed by atoms with Crippen molar-refractivity contribution in [2.75, 3.05) is 32.7 Å². The van der Waals surface area contributed by atoms with Crippen LogP contribution in [0.5, 0.6) is 0 Å². The number of carbonyl (C=O) groups excluding carboxylic acids is 2. The van der Waals surface area contributed by atoms with E-state index in [-0.39, 0.29) is 30.2 Å². The van der Waals surface area contributed by atoms with Crippen LogP contribution in [0.25, 0.3) is 0 Å². The topological polar surface area (TPSA) is 52.7 Å². The standard InChI is InChI=1S/C26H28FN3O2S/c1-19-4-6-20(7-5-19)17-25(32)30-14-12-29(13-15-30)18-24(31)28-26(23-3-2-16-33-23)21-8-10-22(27)11-9-21/h2-11,16,26H,12-15,17-18H2,1H3,(H,28,31). The van der Waals surface area contributed by atoms with Crippen molar-refractivity contribution in [3.8, 4) is 0 Å². The Bertz CT molecular complexity index is 1060. The molecule has 1 N–H and O–H groups in total. The zero-order valence-electron chi connectivity index (χ0n) is 18.7. The predicted molar refractivity (Wildman–Crippen MR) is 129 cm³/mol. The van der Waals surface area contributed by atoms with E-state index in [4.69, 9.17) is 0 Å². The molecule has 2 heterocycles. The number of hydrogen-bond donors (Lipinski definition) is 1. The average Bonchev–Trinajstić information content (AvgIpc) is 3.35. The van der Waals surface area contributed by atoms with Crippen molar-refractivity contribution in [1.82, 2.24) is 15.1 Å². The number of benzene rings is 2. The number of hydrogen-bond acceptors (Lipinski definition) is 4. The Morgan fingerprint density at radius 3 is 2.33 bits per heavy atom. The van der Waals surface area contributed by atoms with Gasteiger partial charge in [-0.15, -0.1) is 11.3 Å². The summed E-state index contributed by atoms with van der Waals surface area (Å²) in [6, 6.07) is 17.9. The fourth-order valence-electron chi connectivity index (χ4n) is 3.99. The van der Waals surface area contributed by atoms with Crippen LogP contribution in [-0.4, -0.2) is 54.3 Å². The first-order chi connectivity index (χ1) is 16.0. The Morgan fingerprint density at radius 2 is 1.70 bits per heavy atom. The summed E-state index contributed by atoms with van der Waals surface area (Å²) in [5.41, 5.74) is 3.05. The molecule has 1 atom stereocenters. The fraction of sp³-hybridized carbons (Fsp3) is 0.308. The molecule has 172 valence electrons. The summed E-state index contributed by atoms with van der Waals surface area (Å²) in [7, 11) is 0. The van der Waals surface area contributed by atoms with Gasteiger partial charge in [0.1, 0.15) is 5.82 Å². The molecular formula is C26H28FN3O2S. The lowest BCUT2D eigenvalue weighted by Gasteiger charge is -2.34. The van der Waals surface area contributed by atoms with Crippen molar-refractivity contribution in [3.05, 3.63) is 93.4 Å². The van der Waals surface area contributed by atoms with Crippen molar-refractivity contribution in [2.24, 2.45) is 0 Å². The summed E-state index contributed by atoms with van der Waals surface area (Å²) in [5.74, 6) is -0.265. The van der Waals surface area contributed by atoms with E-state index in [1.54, 1.807) is 23.5 Å². The van der Waals surface area contributed by atoms with Crippen molar-refractivity contribution in [3.63, 3.8) is 0 Å². The Kier molecular flexibility index (Phi) is 7.52. The maximum Gasteiger partial charge on any atom is 0.234 e. The maximum absolute atomic E-state index is 13.4. The third-order valence-electron chi connectivity index (χ3n) is 5.90. The zero-order chi connectivity index (χ0) is 23.2. The van der Waals surface area contributed by atoms with Crippen LogP contribution in [-0.2, 0) is 16.0 Å². The van der Waals surface area contributed by atoms with E-state index in [0.717, 1.165) is 16.0 Å². The van der Waals surface area contributed by atoms with Crippen LogP contribution >= 0.6 is 11.3 Å². The monoisotopic (exact) mass is 465 g/mol. The number of halogens is 1. The van der Waals surface area contributed by atoms with Crippen LogP contribution in [0.4, 0.5) is 4.39 Å². The van der Waals surface area contributed by atoms with Crippen molar-refractivity contribution >= 4 is 23.2 Å². The molecule has 1 aliphatic rings. The summed E-state index contributed by atoms with van der Waals surface area (Å²) in [6.07, 6.45) is 0.404. The zero-order valence-corrected chi connectivity index (χ0v) is 19.5. The van der Waals surface area contributed by atoms with Gasteiger partial charge in [0.2, 0.25) is 11.8 Å². The number of amides is 2. The SMILES string of the molecule is Cc1ccc(CC(=O)N2CCN(CC(=O)NC(c3ccc(F)cc3)c3cccs3)CC2)cc1. The highest BCUT2D eigenvalue weighted by Crippen LogP contribution is 2.26. The van der Waals surface area contributed by atoms with Gasteiger partial charge in [0.05, 0.1) is 19.0 Å². The van der Waals surface area contributed by atoms with Crippen LogP contribution in [0.3, 0.4) is 0 Å². The molecule has 7 heteroatoms. The Labute approximate surface area is 197 Å². The van der Waals surface area contributed by atoms with Gasteiger partial charge in [0, 0.05) is 31.1 Å². The van der Waals surface area contributed by atoms with Gasteiger partial charge in [-0.05, 0) is 41.6 Å². The van der Waals surface area contributed by atoms with E-state index >= 15 is 0 Å². The molecule has 2 amide bonds. The van der Waals surface area contributed by atoms with E-state index in [0.29, 0.717) is 32.6 Å². The molecule has 5 nitrogen and oxygen atoms in total. The van der Waals surface area contributed by atoms with Crippen LogP contribution in [0.1, 0.15) is 27.6 Å². The second-order valence-electron chi connectivity index (χ2n) is 8.39. The van der Waals surface area contributed by atoms with Gasteiger partial charge in [-0.1, -0.05) is 48.0 Å². The lowest BCUT2D eigenvalue weighted by molar-refractivity contribution is -0.132. The first-order valence-electron chi connectivity index (χ1n) is 11.1. The Hall–Kier alpha value is -3.03. The summed E-state index contributed by atoms with van der Waals surface area (Å²) in [6.45, 7) is 4.85. The number of rotatable bonds is 7. The molecule has 2 aromatic carbocycles. The fourth-order valence-corrected chi connectivity index (χ4v) is 4.79. The van der Waals surface area contributed by atoms with Gasteiger partial charge in [0.25, 0.3) is 0 Å². The quantitative estimate of drug-likeness (QED) is 0.578. The number of piperazine rings is 1.